The third kappa shape index (κ3) is 4.70. The van der Waals surface area contributed by atoms with Gasteiger partial charge in [0.2, 0.25) is 5.91 Å². The zero-order chi connectivity index (χ0) is 16.1. The van der Waals surface area contributed by atoms with E-state index in [4.69, 9.17) is 0 Å². The van der Waals surface area contributed by atoms with Crippen LogP contribution in [0.15, 0.2) is 0 Å². The second-order valence-electron chi connectivity index (χ2n) is 7.21. The van der Waals surface area contributed by atoms with Gasteiger partial charge in [0, 0.05) is 12.1 Å². The molecule has 0 bridgehead atoms. The standard InChI is InChI=1S/C17H31N3O2/c1-11-7-6-10-15(12(11)2)18-13(3)16(21)20-17(22)19-14-8-4-5-9-14/h11-15,18H,4-10H2,1-3H3,(H2,19,20,21,22). The van der Waals surface area contributed by atoms with E-state index in [1.165, 1.54) is 12.8 Å². The summed E-state index contributed by atoms with van der Waals surface area (Å²) in [5, 5.41) is 8.76. The lowest BCUT2D eigenvalue weighted by atomic mass is 9.78. The normalized spacial score (nSPS) is 30.8. The molecule has 0 radical (unpaired) electrons. The van der Waals surface area contributed by atoms with Crippen LogP contribution in [0.1, 0.15) is 65.7 Å². The molecule has 0 aliphatic heterocycles. The van der Waals surface area contributed by atoms with Crippen LogP contribution in [0.4, 0.5) is 4.79 Å². The number of amides is 3. The lowest BCUT2D eigenvalue weighted by molar-refractivity contribution is -0.122. The van der Waals surface area contributed by atoms with Crippen LogP contribution < -0.4 is 16.0 Å². The number of imide groups is 1. The van der Waals surface area contributed by atoms with Crippen molar-refractivity contribution in [2.75, 3.05) is 0 Å². The van der Waals surface area contributed by atoms with E-state index in [1.54, 1.807) is 0 Å². The molecule has 0 aromatic heterocycles. The van der Waals surface area contributed by atoms with E-state index in [-0.39, 0.29) is 24.0 Å². The Kier molecular flexibility index (Phi) is 6.24. The number of hydrogen-bond donors (Lipinski definition) is 3. The number of hydrogen-bond acceptors (Lipinski definition) is 3. The SMILES string of the molecule is CC(NC1CCCC(C)C1C)C(=O)NC(=O)NC1CCCC1. The van der Waals surface area contributed by atoms with Gasteiger partial charge in [-0.05, 0) is 38.0 Å². The highest BCUT2D eigenvalue weighted by Gasteiger charge is 2.29. The molecule has 4 atom stereocenters. The van der Waals surface area contributed by atoms with Gasteiger partial charge < -0.3 is 10.6 Å². The summed E-state index contributed by atoms with van der Waals surface area (Å²) in [5.41, 5.74) is 0. The van der Waals surface area contributed by atoms with Crippen LogP contribution >= 0.6 is 0 Å². The van der Waals surface area contributed by atoms with E-state index in [2.05, 4.69) is 29.8 Å². The fraction of sp³-hybridized carbons (Fsp3) is 0.882. The fourth-order valence-corrected chi connectivity index (χ4v) is 3.73. The molecule has 22 heavy (non-hydrogen) atoms. The molecule has 0 spiro atoms. The largest absolute Gasteiger partial charge is 0.335 e. The number of carbonyl (C=O) groups excluding carboxylic acids is 2. The molecule has 3 amide bonds. The Balaban J connectivity index is 1.75. The number of carbonyl (C=O) groups is 2. The van der Waals surface area contributed by atoms with E-state index in [0.717, 1.165) is 32.1 Å². The predicted octanol–water partition coefficient (Wildman–Crippen LogP) is 2.56. The minimum Gasteiger partial charge on any atom is -0.335 e. The van der Waals surface area contributed by atoms with E-state index in [1.807, 2.05) is 6.92 Å². The Morgan fingerprint density at radius 3 is 2.36 bits per heavy atom. The Morgan fingerprint density at radius 2 is 1.68 bits per heavy atom. The summed E-state index contributed by atoms with van der Waals surface area (Å²) >= 11 is 0. The van der Waals surface area contributed by atoms with Crippen molar-refractivity contribution in [3.8, 4) is 0 Å². The topological polar surface area (TPSA) is 70.2 Å². The van der Waals surface area contributed by atoms with Gasteiger partial charge in [0.1, 0.15) is 0 Å². The predicted molar refractivity (Wildman–Crippen MR) is 87.5 cm³/mol. The molecule has 0 saturated heterocycles. The monoisotopic (exact) mass is 309 g/mol. The molecule has 5 heteroatoms. The van der Waals surface area contributed by atoms with Crippen molar-refractivity contribution in [2.24, 2.45) is 11.8 Å². The fourth-order valence-electron chi connectivity index (χ4n) is 3.73. The van der Waals surface area contributed by atoms with Crippen molar-refractivity contribution < 1.29 is 9.59 Å². The van der Waals surface area contributed by atoms with E-state index < -0.39 is 0 Å². The molecule has 3 N–H and O–H groups in total. The second kappa shape index (κ2) is 7.95. The molecule has 0 aromatic rings. The molecule has 2 fully saturated rings. The van der Waals surface area contributed by atoms with Gasteiger partial charge in [0.25, 0.3) is 0 Å². The first-order chi connectivity index (χ1) is 10.5. The third-order valence-electron chi connectivity index (χ3n) is 5.49. The second-order valence-corrected chi connectivity index (χ2v) is 7.21. The molecule has 0 aromatic carbocycles. The van der Waals surface area contributed by atoms with Crippen LogP contribution in [0, 0.1) is 11.8 Å². The highest BCUT2D eigenvalue weighted by atomic mass is 16.2. The van der Waals surface area contributed by atoms with Gasteiger partial charge in [0.05, 0.1) is 6.04 Å². The van der Waals surface area contributed by atoms with Crippen molar-refractivity contribution in [1.82, 2.24) is 16.0 Å². The summed E-state index contributed by atoms with van der Waals surface area (Å²) in [4.78, 5) is 24.0. The van der Waals surface area contributed by atoms with Gasteiger partial charge in [-0.25, -0.2) is 4.79 Å². The van der Waals surface area contributed by atoms with Crippen molar-refractivity contribution in [3.05, 3.63) is 0 Å². The number of rotatable bonds is 4. The van der Waals surface area contributed by atoms with Gasteiger partial charge in [-0.2, -0.15) is 0 Å². The average Bonchev–Trinajstić information content (AvgIpc) is 2.96. The van der Waals surface area contributed by atoms with Crippen LogP contribution in [-0.2, 0) is 4.79 Å². The van der Waals surface area contributed by atoms with Gasteiger partial charge in [-0.1, -0.05) is 39.5 Å². The van der Waals surface area contributed by atoms with Crippen LogP contribution in [0.2, 0.25) is 0 Å². The summed E-state index contributed by atoms with van der Waals surface area (Å²) in [6.45, 7) is 6.36. The first-order valence-electron chi connectivity index (χ1n) is 8.84. The summed E-state index contributed by atoms with van der Waals surface area (Å²) in [6.07, 6.45) is 7.95. The average molecular weight is 309 g/mol. The van der Waals surface area contributed by atoms with E-state index in [9.17, 15) is 9.59 Å². The Morgan fingerprint density at radius 1 is 1.00 bits per heavy atom. The third-order valence-corrected chi connectivity index (χ3v) is 5.49. The molecular weight excluding hydrogens is 278 g/mol. The number of nitrogens with one attached hydrogen (secondary N) is 3. The molecule has 2 rings (SSSR count). The smallest absolute Gasteiger partial charge is 0.321 e. The number of urea groups is 1. The Labute approximate surface area is 134 Å². The van der Waals surface area contributed by atoms with Crippen molar-refractivity contribution in [2.45, 2.75) is 83.8 Å². The quantitative estimate of drug-likeness (QED) is 0.747. The minimum atomic E-state index is -0.351. The molecular formula is C17H31N3O2. The molecule has 2 aliphatic carbocycles. The van der Waals surface area contributed by atoms with Crippen LogP contribution in [0.5, 0.6) is 0 Å². The Hall–Kier alpha value is -1.10. The van der Waals surface area contributed by atoms with Crippen molar-refractivity contribution in [1.29, 1.82) is 0 Å². The maximum absolute atomic E-state index is 12.2. The highest BCUT2D eigenvalue weighted by Crippen LogP contribution is 2.29. The molecule has 5 nitrogen and oxygen atoms in total. The lowest BCUT2D eigenvalue weighted by Gasteiger charge is -2.36. The summed E-state index contributed by atoms with van der Waals surface area (Å²) < 4.78 is 0. The maximum atomic E-state index is 12.2. The van der Waals surface area contributed by atoms with Crippen LogP contribution in [0.25, 0.3) is 0 Å². The Bertz CT molecular complexity index is 393. The van der Waals surface area contributed by atoms with Crippen LogP contribution in [0.3, 0.4) is 0 Å². The van der Waals surface area contributed by atoms with E-state index >= 15 is 0 Å². The summed E-state index contributed by atoms with van der Waals surface area (Å²) in [6, 6.07) is -0.0969. The van der Waals surface area contributed by atoms with Gasteiger partial charge in [-0.3, -0.25) is 10.1 Å². The first kappa shape index (κ1) is 17.3. The zero-order valence-electron chi connectivity index (χ0n) is 14.2. The van der Waals surface area contributed by atoms with Gasteiger partial charge in [-0.15, -0.1) is 0 Å². The van der Waals surface area contributed by atoms with E-state index in [0.29, 0.717) is 17.9 Å². The van der Waals surface area contributed by atoms with Crippen molar-refractivity contribution in [3.63, 3.8) is 0 Å². The van der Waals surface area contributed by atoms with Gasteiger partial charge in [0.15, 0.2) is 0 Å². The zero-order valence-corrected chi connectivity index (χ0v) is 14.2. The van der Waals surface area contributed by atoms with Gasteiger partial charge >= 0.3 is 6.03 Å². The molecule has 126 valence electrons. The summed E-state index contributed by atoms with van der Waals surface area (Å²) in [7, 11) is 0. The minimum absolute atomic E-state index is 0.232. The first-order valence-corrected chi connectivity index (χ1v) is 8.84. The summed E-state index contributed by atoms with van der Waals surface area (Å²) in [5.74, 6) is 1.02. The lowest BCUT2D eigenvalue weighted by Crippen LogP contribution is -2.53. The highest BCUT2D eigenvalue weighted by molar-refractivity contribution is 5.96. The van der Waals surface area contributed by atoms with Crippen LogP contribution in [-0.4, -0.2) is 30.1 Å². The molecule has 4 unspecified atom stereocenters. The molecule has 2 aliphatic rings. The van der Waals surface area contributed by atoms with Crippen molar-refractivity contribution >= 4 is 11.9 Å². The maximum Gasteiger partial charge on any atom is 0.321 e. The molecule has 2 saturated carbocycles. The molecule has 0 heterocycles.